The molecule has 5 heteroatoms. The maximum absolute atomic E-state index is 11.2. The zero-order valence-electron chi connectivity index (χ0n) is 8.87. The predicted molar refractivity (Wildman–Crippen MR) is 66.9 cm³/mol. The summed E-state index contributed by atoms with van der Waals surface area (Å²) in [5.74, 6) is 0. The fourth-order valence-corrected chi connectivity index (χ4v) is 1.96. The van der Waals surface area contributed by atoms with Crippen LogP contribution in [0.1, 0.15) is 0 Å². The quantitative estimate of drug-likeness (QED) is 0.576. The summed E-state index contributed by atoms with van der Waals surface area (Å²) in [5.41, 5.74) is 3.55. The number of nitrogens with zero attached hydrogens (tertiary/aromatic N) is 1. The van der Waals surface area contributed by atoms with Crippen LogP contribution in [0.2, 0.25) is 6.82 Å². The van der Waals surface area contributed by atoms with Gasteiger partial charge in [-0.15, -0.1) is 0 Å². The molecular formula is C11H10BN3O. The molecule has 0 aliphatic heterocycles. The Bertz CT molecular complexity index is 729. The van der Waals surface area contributed by atoms with Gasteiger partial charge in [-0.3, -0.25) is 4.98 Å². The van der Waals surface area contributed by atoms with Crippen LogP contribution in [-0.2, 0) is 0 Å². The van der Waals surface area contributed by atoms with Crippen molar-refractivity contribution < 1.29 is 0 Å². The maximum atomic E-state index is 11.2. The minimum absolute atomic E-state index is 0.189. The number of aromatic nitrogens is 3. The van der Waals surface area contributed by atoms with Gasteiger partial charge in [0.05, 0.1) is 22.7 Å². The van der Waals surface area contributed by atoms with Crippen molar-refractivity contribution in [2.45, 2.75) is 6.82 Å². The van der Waals surface area contributed by atoms with E-state index >= 15 is 0 Å². The molecule has 3 aromatic rings. The molecule has 2 N–H and O–H groups in total. The van der Waals surface area contributed by atoms with Crippen LogP contribution in [0.25, 0.3) is 21.9 Å². The van der Waals surface area contributed by atoms with Crippen molar-refractivity contribution in [2.75, 3.05) is 0 Å². The van der Waals surface area contributed by atoms with Crippen molar-refractivity contribution in [1.29, 1.82) is 0 Å². The molecule has 0 atom stereocenters. The number of nitrogens with one attached hydrogen (secondary N) is 2. The van der Waals surface area contributed by atoms with E-state index in [1.54, 1.807) is 6.20 Å². The molecule has 16 heavy (non-hydrogen) atoms. The highest BCUT2D eigenvalue weighted by atomic mass is 16.1. The lowest BCUT2D eigenvalue weighted by atomic mass is 9.73. The lowest BCUT2D eigenvalue weighted by molar-refractivity contribution is 1.21. The summed E-state index contributed by atoms with van der Waals surface area (Å²) >= 11 is 0. The van der Waals surface area contributed by atoms with Crippen LogP contribution in [-0.4, -0.2) is 22.2 Å². The first kappa shape index (κ1) is 9.21. The van der Waals surface area contributed by atoms with Crippen LogP contribution < -0.4 is 11.2 Å². The van der Waals surface area contributed by atoms with Gasteiger partial charge in [0.1, 0.15) is 0 Å². The van der Waals surface area contributed by atoms with E-state index in [9.17, 15) is 4.79 Å². The molecule has 0 saturated carbocycles. The Balaban J connectivity index is 2.51. The lowest BCUT2D eigenvalue weighted by Crippen LogP contribution is -2.09. The number of pyridine rings is 1. The topological polar surface area (TPSA) is 61.5 Å². The summed E-state index contributed by atoms with van der Waals surface area (Å²) in [6.45, 7) is 2.11. The van der Waals surface area contributed by atoms with E-state index in [-0.39, 0.29) is 5.69 Å². The van der Waals surface area contributed by atoms with Gasteiger partial charge in [0.25, 0.3) is 0 Å². The van der Waals surface area contributed by atoms with Crippen molar-refractivity contribution >= 4 is 34.7 Å². The molecule has 78 valence electrons. The van der Waals surface area contributed by atoms with Crippen LogP contribution >= 0.6 is 0 Å². The van der Waals surface area contributed by atoms with Crippen molar-refractivity contribution in [3.8, 4) is 0 Å². The van der Waals surface area contributed by atoms with Crippen molar-refractivity contribution in [2.24, 2.45) is 0 Å². The normalized spacial score (nSPS) is 11.1. The second-order valence-electron chi connectivity index (χ2n) is 3.83. The predicted octanol–water partition coefficient (Wildman–Crippen LogP) is 0.514. The molecule has 0 fully saturated rings. The molecule has 0 aliphatic carbocycles. The second kappa shape index (κ2) is 3.23. The average molecular weight is 211 g/mol. The summed E-state index contributed by atoms with van der Waals surface area (Å²) in [5, 5.41) is 0.996. The number of imidazole rings is 1. The number of H-pyrrole nitrogens is 2. The van der Waals surface area contributed by atoms with E-state index in [4.69, 9.17) is 0 Å². The number of benzene rings is 1. The van der Waals surface area contributed by atoms with Crippen molar-refractivity contribution in [3.05, 3.63) is 34.9 Å². The summed E-state index contributed by atoms with van der Waals surface area (Å²) in [7, 11) is 0.973. The van der Waals surface area contributed by atoms with Gasteiger partial charge in [0.15, 0.2) is 7.28 Å². The fraction of sp³-hybridized carbons (Fsp3) is 0.0909. The molecule has 0 saturated heterocycles. The molecule has 0 aliphatic rings. The van der Waals surface area contributed by atoms with Gasteiger partial charge in [-0.2, -0.15) is 0 Å². The van der Waals surface area contributed by atoms with Crippen LogP contribution in [0.4, 0.5) is 0 Å². The molecule has 2 heterocycles. The minimum atomic E-state index is -0.189. The van der Waals surface area contributed by atoms with Crippen molar-refractivity contribution in [1.82, 2.24) is 15.0 Å². The number of hydrogen-bond acceptors (Lipinski definition) is 2. The Kier molecular flexibility index (Phi) is 1.86. The summed E-state index contributed by atoms with van der Waals surface area (Å²) in [4.78, 5) is 21.1. The van der Waals surface area contributed by atoms with Gasteiger partial charge >= 0.3 is 5.69 Å². The molecule has 0 bridgehead atoms. The minimum Gasteiger partial charge on any atom is -0.305 e. The summed E-state index contributed by atoms with van der Waals surface area (Å²) in [6.07, 6.45) is 1.68. The number of aromatic amines is 2. The third kappa shape index (κ3) is 1.25. The van der Waals surface area contributed by atoms with E-state index in [0.717, 1.165) is 29.2 Å². The molecule has 0 amide bonds. The van der Waals surface area contributed by atoms with Crippen molar-refractivity contribution in [3.63, 3.8) is 0 Å². The zero-order valence-corrected chi connectivity index (χ0v) is 8.87. The van der Waals surface area contributed by atoms with Gasteiger partial charge in [-0.25, -0.2) is 4.79 Å². The third-order valence-corrected chi connectivity index (χ3v) is 2.83. The first-order valence-corrected chi connectivity index (χ1v) is 5.27. The standard InChI is InChI=1S/C11H10BN3O/c1-12-6-2-3-8-7(4-6)10-9(5-13-8)14-11(16)15-10/h2-5,12H,1H3,(H2,14,15,16). The number of fused-ring (bicyclic) bond motifs is 3. The van der Waals surface area contributed by atoms with E-state index < -0.39 is 0 Å². The van der Waals surface area contributed by atoms with Gasteiger partial charge in [0.2, 0.25) is 0 Å². The highest BCUT2D eigenvalue weighted by molar-refractivity contribution is 6.52. The monoisotopic (exact) mass is 211 g/mol. The first-order chi connectivity index (χ1) is 7.78. The Labute approximate surface area is 92.0 Å². The lowest BCUT2D eigenvalue weighted by Gasteiger charge is -2.00. The van der Waals surface area contributed by atoms with Crippen LogP contribution in [0, 0.1) is 0 Å². The summed E-state index contributed by atoms with van der Waals surface area (Å²) in [6, 6.07) is 6.12. The highest BCUT2D eigenvalue weighted by Crippen LogP contribution is 2.17. The molecule has 3 rings (SSSR count). The number of rotatable bonds is 1. The molecule has 0 unspecified atom stereocenters. The molecule has 0 radical (unpaired) electrons. The highest BCUT2D eigenvalue weighted by Gasteiger charge is 2.05. The van der Waals surface area contributed by atoms with Gasteiger partial charge < -0.3 is 9.97 Å². The molecule has 2 aromatic heterocycles. The largest absolute Gasteiger partial charge is 0.323 e. The Morgan fingerprint density at radius 2 is 2.19 bits per heavy atom. The van der Waals surface area contributed by atoms with Gasteiger partial charge in [0, 0.05) is 5.39 Å². The molecular weight excluding hydrogens is 201 g/mol. The maximum Gasteiger partial charge on any atom is 0.323 e. The fourth-order valence-electron chi connectivity index (χ4n) is 1.96. The Morgan fingerprint density at radius 1 is 1.31 bits per heavy atom. The zero-order chi connectivity index (χ0) is 11.1. The SMILES string of the molecule is CBc1ccc2ncc3[nH]c(=O)[nH]c3c2c1. The van der Waals surface area contributed by atoms with E-state index in [2.05, 4.69) is 33.9 Å². The van der Waals surface area contributed by atoms with Gasteiger partial charge in [-0.05, 0) is 6.07 Å². The Hall–Kier alpha value is -2.04. The van der Waals surface area contributed by atoms with Crippen LogP contribution in [0.3, 0.4) is 0 Å². The van der Waals surface area contributed by atoms with Crippen LogP contribution in [0.5, 0.6) is 0 Å². The summed E-state index contributed by atoms with van der Waals surface area (Å²) < 4.78 is 0. The Morgan fingerprint density at radius 3 is 3.00 bits per heavy atom. The second-order valence-corrected chi connectivity index (χ2v) is 3.83. The van der Waals surface area contributed by atoms with Gasteiger partial charge in [-0.1, -0.05) is 24.4 Å². The molecule has 0 spiro atoms. The van der Waals surface area contributed by atoms with E-state index in [1.807, 2.05) is 6.07 Å². The van der Waals surface area contributed by atoms with Crippen LogP contribution in [0.15, 0.2) is 29.2 Å². The van der Waals surface area contributed by atoms with E-state index in [1.165, 1.54) is 5.46 Å². The first-order valence-electron chi connectivity index (χ1n) is 5.27. The third-order valence-electron chi connectivity index (χ3n) is 2.83. The smallest absolute Gasteiger partial charge is 0.305 e. The average Bonchev–Trinajstić information content (AvgIpc) is 2.69. The molecule has 1 aromatic carbocycles. The molecule has 4 nitrogen and oxygen atoms in total. The number of hydrogen-bond donors (Lipinski definition) is 2. The van der Waals surface area contributed by atoms with E-state index in [0.29, 0.717) is 0 Å².